The molecule has 0 bridgehead atoms. The second-order valence-corrected chi connectivity index (χ2v) is 4.25. The Balaban J connectivity index is 2.83. The maximum Gasteiger partial charge on any atom is 0.357 e. The third-order valence-electron chi connectivity index (χ3n) is 1.67. The first-order valence-corrected chi connectivity index (χ1v) is 5.55. The zero-order valence-corrected chi connectivity index (χ0v) is 10.6. The molecule has 17 heavy (non-hydrogen) atoms. The monoisotopic (exact) mass is 255 g/mol. The van der Waals surface area contributed by atoms with E-state index in [2.05, 4.69) is 15.1 Å². The lowest BCUT2D eigenvalue weighted by atomic mass is 10.3. The van der Waals surface area contributed by atoms with Crippen molar-refractivity contribution in [2.75, 3.05) is 21.2 Å². The largest absolute Gasteiger partial charge is 0.464 e. The average molecular weight is 255 g/mol. The molecule has 92 valence electrons. The number of aromatic nitrogens is 1. The molecule has 1 aromatic rings. The van der Waals surface area contributed by atoms with Crippen LogP contribution in [0.5, 0.6) is 0 Å². The molecule has 1 amide bonds. The SMILES string of the molecule is COC(=O)c1ncccc1SC(=O)NN(C)C. The van der Waals surface area contributed by atoms with E-state index in [0.29, 0.717) is 4.90 Å². The van der Waals surface area contributed by atoms with Gasteiger partial charge in [0.15, 0.2) is 5.69 Å². The summed E-state index contributed by atoms with van der Waals surface area (Å²) in [5, 5.41) is 1.22. The van der Waals surface area contributed by atoms with Crippen molar-refractivity contribution < 1.29 is 14.3 Å². The summed E-state index contributed by atoms with van der Waals surface area (Å²) < 4.78 is 4.58. The summed E-state index contributed by atoms with van der Waals surface area (Å²) in [7, 11) is 4.66. The Morgan fingerprint density at radius 3 is 2.76 bits per heavy atom. The Bertz CT molecular complexity index is 423. The summed E-state index contributed by atoms with van der Waals surface area (Å²) in [5.74, 6) is -0.564. The van der Waals surface area contributed by atoms with Crippen LogP contribution in [0.25, 0.3) is 0 Å². The molecule has 1 N–H and O–H groups in total. The van der Waals surface area contributed by atoms with Gasteiger partial charge in [0.2, 0.25) is 0 Å². The predicted octanol–water partition coefficient (Wildman–Crippen LogP) is 1.15. The highest BCUT2D eigenvalue weighted by atomic mass is 32.2. The molecule has 0 aromatic carbocycles. The van der Waals surface area contributed by atoms with Gasteiger partial charge in [0, 0.05) is 20.3 Å². The highest BCUT2D eigenvalue weighted by Gasteiger charge is 2.16. The molecule has 6 nitrogen and oxygen atoms in total. The van der Waals surface area contributed by atoms with Gasteiger partial charge in [-0.15, -0.1) is 0 Å². The standard InChI is InChI=1S/C10H13N3O3S/c1-13(2)12-10(15)17-7-5-4-6-11-8(7)9(14)16-3/h4-6H,1-3H3,(H,12,15). The number of rotatable bonds is 3. The minimum absolute atomic E-state index is 0.133. The second-order valence-electron chi connectivity index (χ2n) is 3.24. The van der Waals surface area contributed by atoms with E-state index in [9.17, 15) is 9.59 Å². The first-order chi connectivity index (χ1) is 8.04. The Labute approximate surface area is 103 Å². The molecule has 0 saturated carbocycles. The fourth-order valence-electron chi connectivity index (χ4n) is 1.03. The Morgan fingerprint density at radius 2 is 2.18 bits per heavy atom. The van der Waals surface area contributed by atoms with Crippen LogP contribution in [0.2, 0.25) is 0 Å². The van der Waals surface area contributed by atoms with Crippen molar-refractivity contribution in [1.82, 2.24) is 15.4 Å². The van der Waals surface area contributed by atoms with E-state index in [0.717, 1.165) is 11.8 Å². The number of pyridine rings is 1. The maximum absolute atomic E-state index is 11.5. The fraction of sp³-hybridized carbons (Fsp3) is 0.300. The summed E-state index contributed by atoms with van der Waals surface area (Å²) in [6, 6.07) is 3.29. The van der Waals surface area contributed by atoms with Crippen LogP contribution in [0.4, 0.5) is 4.79 Å². The molecule has 1 heterocycles. The third-order valence-corrected chi connectivity index (χ3v) is 2.49. The molecule has 0 aliphatic heterocycles. The number of thioether (sulfide) groups is 1. The lowest BCUT2D eigenvalue weighted by Gasteiger charge is -2.11. The van der Waals surface area contributed by atoms with Crippen molar-refractivity contribution in [2.24, 2.45) is 0 Å². The van der Waals surface area contributed by atoms with Crippen molar-refractivity contribution in [3.05, 3.63) is 24.0 Å². The molecule has 1 aromatic heterocycles. The topological polar surface area (TPSA) is 71.5 Å². The Kier molecular flexibility index (Phi) is 4.92. The number of carbonyl (C=O) groups excluding carboxylic acids is 2. The van der Waals surface area contributed by atoms with Gasteiger partial charge in [-0.05, 0) is 23.9 Å². The minimum atomic E-state index is -0.564. The van der Waals surface area contributed by atoms with Gasteiger partial charge >= 0.3 is 5.97 Å². The average Bonchev–Trinajstić information content (AvgIpc) is 2.27. The van der Waals surface area contributed by atoms with Crippen LogP contribution < -0.4 is 5.43 Å². The molecule has 1 rings (SSSR count). The van der Waals surface area contributed by atoms with E-state index in [1.165, 1.54) is 18.3 Å². The van der Waals surface area contributed by atoms with Gasteiger partial charge in [0.05, 0.1) is 12.0 Å². The number of amides is 1. The molecule has 0 unspecified atom stereocenters. The summed E-state index contributed by atoms with van der Waals surface area (Å²) >= 11 is 0.887. The van der Waals surface area contributed by atoms with Crippen molar-refractivity contribution in [3.8, 4) is 0 Å². The van der Waals surface area contributed by atoms with Crippen molar-refractivity contribution >= 4 is 23.0 Å². The van der Waals surface area contributed by atoms with E-state index in [1.807, 2.05) is 0 Å². The van der Waals surface area contributed by atoms with E-state index >= 15 is 0 Å². The van der Waals surface area contributed by atoms with Gasteiger partial charge < -0.3 is 4.74 Å². The van der Waals surface area contributed by atoms with E-state index in [-0.39, 0.29) is 10.9 Å². The van der Waals surface area contributed by atoms with Crippen LogP contribution in [-0.2, 0) is 4.74 Å². The zero-order valence-electron chi connectivity index (χ0n) is 9.76. The number of methoxy groups -OCH3 is 1. The van der Waals surface area contributed by atoms with Crippen molar-refractivity contribution in [3.63, 3.8) is 0 Å². The summed E-state index contributed by atoms with van der Waals surface area (Å²) in [6.45, 7) is 0. The van der Waals surface area contributed by atoms with Crippen LogP contribution in [0.15, 0.2) is 23.2 Å². The number of hydrogen-bond acceptors (Lipinski definition) is 6. The smallest absolute Gasteiger partial charge is 0.357 e. The van der Waals surface area contributed by atoms with Crippen molar-refractivity contribution in [2.45, 2.75) is 4.90 Å². The second kappa shape index (κ2) is 6.21. The predicted molar refractivity (Wildman–Crippen MR) is 63.7 cm³/mol. The number of nitrogens with one attached hydrogen (secondary N) is 1. The Morgan fingerprint density at radius 1 is 1.47 bits per heavy atom. The lowest BCUT2D eigenvalue weighted by Crippen LogP contribution is -2.33. The van der Waals surface area contributed by atoms with E-state index in [1.54, 1.807) is 26.2 Å². The summed E-state index contributed by atoms with van der Waals surface area (Å²) in [5.41, 5.74) is 2.69. The molecule has 0 aliphatic rings. The number of hydrazine groups is 1. The molecular weight excluding hydrogens is 242 g/mol. The number of ether oxygens (including phenoxy) is 1. The lowest BCUT2D eigenvalue weighted by molar-refractivity contribution is 0.0589. The molecule has 7 heteroatoms. The van der Waals surface area contributed by atoms with Gasteiger partial charge in [-0.1, -0.05) is 0 Å². The van der Waals surface area contributed by atoms with E-state index in [4.69, 9.17) is 0 Å². The van der Waals surface area contributed by atoms with E-state index < -0.39 is 5.97 Å². The number of carbonyl (C=O) groups is 2. The first-order valence-electron chi connectivity index (χ1n) is 4.73. The molecule has 0 fully saturated rings. The van der Waals surface area contributed by atoms with Gasteiger partial charge in [-0.2, -0.15) is 0 Å². The Hall–Kier alpha value is -1.60. The van der Waals surface area contributed by atoms with Gasteiger partial charge in [0.25, 0.3) is 5.24 Å². The van der Waals surface area contributed by atoms with Crippen LogP contribution in [0.3, 0.4) is 0 Å². The highest BCUT2D eigenvalue weighted by molar-refractivity contribution is 8.13. The molecule has 0 atom stereocenters. The molecule has 0 spiro atoms. The number of nitrogens with zero attached hydrogens (tertiary/aromatic N) is 2. The number of esters is 1. The third kappa shape index (κ3) is 4.04. The minimum Gasteiger partial charge on any atom is -0.464 e. The normalized spacial score (nSPS) is 10.1. The van der Waals surface area contributed by atoms with Crippen LogP contribution in [-0.4, -0.2) is 42.4 Å². The zero-order chi connectivity index (χ0) is 12.8. The fourth-order valence-corrected chi connectivity index (χ4v) is 1.84. The first kappa shape index (κ1) is 13.5. The van der Waals surface area contributed by atoms with Crippen molar-refractivity contribution in [1.29, 1.82) is 0 Å². The number of hydrogen-bond donors (Lipinski definition) is 1. The van der Waals surface area contributed by atoms with Gasteiger partial charge in [-0.25, -0.2) is 14.8 Å². The maximum atomic E-state index is 11.5. The summed E-state index contributed by atoms with van der Waals surface area (Å²) in [6.07, 6.45) is 1.47. The quantitative estimate of drug-likeness (QED) is 0.496. The van der Waals surface area contributed by atoms with Crippen LogP contribution in [0, 0.1) is 0 Å². The van der Waals surface area contributed by atoms with Crippen LogP contribution >= 0.6 is 11.8 Å². The highest BCUT2D eigenvalue weighted by Crippen LogP contribution is 2.22. The molecule has 0 radical (unpaired) electrons. The van der Waals surface area contributed by atoms with Gasteiger partial charge in [0.1, 0.15) is 0 Å². The molecule has 0 saturated heterocycles. The molecular formula is C10H13N3O3S. The van der Waals surface area contributed by atoms with Crippen LogP contribution in [0.1, 0.15) is 10.5 Å². The van der Waals surface area contributed by atoms with Gasteiger partial charge in [-0.3, -0.25) is 10.2 Å². The molecule has 0 aliphatic carbocycles. The summed E-state index contributed by atoms with van der Waals surface area (Å²) in [4.78, 5) is 27.3.